The van der Waals surface area contributed by atoms with Gasteiger partial charge >= 0.3 is 0 Å². The van der Waals surface area contributed by atoms with E-state index in [9.17, 15) is 4.79 Å². The molecule has 0 saturated carbocycles. The topological polar surface area (TPSA) is 85.8 Å². The van der Waals surface area contributed by atoms with E-state index in [2.05, 4.69) is 53.6 Å². The van der Waals surface area contributed by atoms with Crippen LogP contribution in [0.5, 0.6) is 0 Å². The van der Waals surface area contributed by atoms with Crippen LogP contribution >= 0.6 is 11.8 Å². The van der Waals surface area contributed by atoms with Gasteiger partial charge < -0.3 is 9.73 Å². The second kappa shape index (κ2) is 10.3. The monoisotopic (exact) mass is 545 g/mol. The van der Waals surface area contributed by atoms with Gasteiger partial charge in [0.25, 0.3) is 0 Å². The summed E-state index contributed by atoms with van der Waals surface area (Å²) in [6.07, 6.45) is 4.05. The number of thioether (sulfide) groups is 1. The molecule has 1 atom stereocenters. The Hall–Kier alpha value is -4.43. The molecular weight excluding hydrogens is 518 g/mol. The predicted molar refractivity (Wildman–Crippen MR) is 156 cm³/mol. The van der Waals surface area contributed by atoms with Gasteiger partial charge in [0.2, 0.25) is 17.0 Å². The summed E-state index contributed by atoms with van der Waals surface area (Å²) in [6.45, 7) is 2.07. The van der Waals surface area contributed by atoms with Gasteiger partial charge in [0.05, 0.1) is 6.20 Å². The quantitative estimate of drug-likeness (QED) is 0.225. The Morgan fingerprint density at radius 2 is 1.77 bits per heavy atom. The van der Waals surface area contributed by atoms with Crippen LogP contribution in [0.2, 0.25) is 0 Å². The van der Waals surface area contributed by atoms with Crippen LogP contribution in [0.3, 0.4) is 0 Å². The number of hydrogen-bond donors (Lipinski definition) is 1. The average Bonchev–Trinajstić information content (AvgIpc) is 3.64. The molecule has 5 aromatic rings. The number of ketones is 1. The maximum absolute atomic E-state index is 13.0. The minimum atomic E-state index is -0.262. The van der Waals surface area contributed by atoms with Crippen molar-refractivity contribution in [3.05, 3.63) is 113 Å². The first-order chi connectivity index (χ1) is 19.6. The van der Waals surface area contributed by atoms with Crippen LogP contribution in [0.4, 0.5) is 5.95 Å². The van der Waals surface area contributed by atoms with E-state index in [1.165, 1.54) is 5.56 Å². The Balaban J connectivity index is 1.09. The maximum atomic E-state index is 13.0. The van der Waals surface area contributed by atoms with Crippen LogP contribution in [0.1, 0.15) is 42.0 Å². The van der Waals surface area contributed by atoms with Crippen molar-refractivity contribution in [2.24, 2.45) is 0 Å². The second-order valence-electron chi connectivity index (χ2n) is 10.2. The van der Waals surface area contributed by atoms with Crippen molar-refractivity contribution in [3.63, 3.8) is 0 Å². The molecule has 1 N–H and O–H groups in total. The summed E-state index contributed by atoms with van der Waals surface area (Å²) < 4.78 is 7.88. The van der Waals surface area contributed by atoms with Crippen molar-refractivity contribution in [2.45, 2.75) is 43.1 Å². The molecule has 0 amide bonds. The lowest BCUT2D eigenvalue weighted by molar-refractivity contribution is -0.116. The average molecular weight is 546 g/mol. The molecule has 198 valence electrons. The van der Waals surface area contributed by atoms with E-state index in [-0.39, 0.29) is 11.8 Å². The van der Waals surface area contributed by atoms with Crippen LogP contribution in [0.15, 0.2) is 106 Å². The summed E-state index contributed by atoms with van der Waals surface area (Å²) in [6, 6.07) is 26.3. The molecule has 0 fully saturated rings. The molecule has 7 rings (SSSR count). The Kier molecular flexibility index (Phi) is 6.32. The summed E-state index contributed by atoms with van der Waals surface area (Å²) in [7, 11) is 0. The number of oxazole rings is 1. The van der Waals surface area contributed by atoms with Crippen molar-refractivity contribution < 1.29 is 9.21 Å². The molecule has 1 aliphatic carbocycles. The molecule has 0 saturated heterocycles. The third-order valence-electron chi connectivity index (χ3n) is 7.37. The standard InChI is InChI=1S/C32H27N5O2S/c1-20-10-14-23(15-11-20)29-28-25(8-5-9-26(28)38)34-31-35-32(36-37(29)31)40-19-21-12-16-24(17-13-21)30-33-18-27(39-30)22-6-3-2-4-7-22/h2-4,6-7,10-18,29H,5,8-9,19H2,1H3,(H,34,35,36)/t29-/m1/s1. The lowest BCUT2D eigenvalue weighted by Gasteiger charge is -2.32. The smallest absolute Gasteiger partial charge is 0.227 e. The lowest BCUT2D eigenvalue weighted by Crippen LogP contribution is -2.31. The largest absolute Gasteiger partial charge is 0.436 e. The Labute approximate surface area is 236 Å². The van der Waals surface area contributed by atoms with Gasteiger partial charge in [-0.2, -0.15) is 4.98 Å². The molecule has 1 aliphatic heterocycles. The van der Waals surface area contributed by atoms with Crippen LogP contribution < -0.4 is 5.32 Å². The minimum absolute atomic E-state index is 0.191. The molecule has 0 unspecified atom stereocenters. The van der Waals surface area contributed by atoms with E-state index >= 15 is 0 Å². The van der Waals surface area contributed by atoms with Crippen molar-refractivity contribution in [1.29, 1.82) is 0 Å². The zero-order chi connectivity index (χ0) is 27.1. The molecule has 0 bridgehead atoms. The highest BCUT2D eigenvalue weighted by molar-refractivity contribution is 7.98. The fourth-order valence-electron chi connectivity index (χ4n) is 5.29. The molecule has 2 aromatic heterocycles. The van der Waals surface area contributed by atoms with Crippen LogP contribution in [0, 0.1) is 6.92 Å². The first kappa shape index (κ1) is 24.6. The molecule has 40 heavy (non-hydrogen) atoms. The number of fused-ring (bicyclic) bond motifs is 1. The first-order valence-electron chi connectivity index (χ1n) is 13.4. The van der Waals surface area contributed by atoms with Crippen LogP contribution in [0.25, 0.3) is 22.8 Å². The molecule has 3 aromatic carbocycles. The number of Topliss-reactive ketones (excluding diaryl/α,β-unsaturated/α-hetero) is 1. The highest BCUT2D eigenvalue weighted by Gasteiger charge is 2.36. The van der Waals surface area contributed by atoms with Crippen molar-refractivity contribution in [1.82, 2.24) is 19.7 Å². The van der Waals surface area contributed by atoms with Gasteiger partial charge in [-0.3, -0.25) is 4.79 Å². The number of aromatic nitrogens is 4. The third kappa shape index (κ3) is 4.64. The number of nitrogens with one attached hydrogen (secondary N) is 1. The lowest BCUT2D eigenvalue weighted by atomic mass is 9.85. The normalized spacial score (nSPS) is 16.4. The number of aryl methyl sites for hydroxylation is 1. The van der Waals surface area contributed by atoms with Crippen LogP contribution in [-0.2, 0) is 10.5 Å². The van der Waals surface area contributed by atoms with Crippen molar-refractivity contribution in [2.75, 3.05) is 5.32 Å². The molecule has 2 aliphatic rings. The second-order valence-corrected chi connectivity index (χ2v) is 11.1. The maximum Gasteiger partial charge on any atom is 0.227 e. The van der Waals surface area contributed by atoms with Gasteiger partial charge in [-0.1, -0.05) is 84.1 Å². The van der Waals surface area contributed by atoms with E-state index in [1.807, 2.05) is 47.1 Å². The summed E-state index contributed by atoms with van der Waals surface area (Å²) in [5, 5.41) is 8.96. The zero-order valence-electron chi connectivity index (χ0n) is 22.0. The SMILES string of the molecule is Cc1ccc([C@@H]2C3=C(CCCC3=O)Nc3nc(SCc4ccc(-c5ncc(-c6ccccc6)o5)cc4)nn32)cc1. The Morgan fingerprint density at radius 1 is 0.975 bits per heavy atom. The molecule has 8 heteroatoms. The zero-order valence-corrected chi connectivity index (χ0v) is 22.8. The summed E-state index contributed by atoms with van der Waals surface area (Å²) >= 11 is 1.58. The van der Waals surface area contributed by atoms with E-state index in [4.69, 9.17) is 14.5 Å². The van der Waals surface area contributed by atoms with E-state index in [1.54, 1.807) is 18.0 Å². The number of allylic oxidation sites excluding steroid dienone is 2. The van der Waals surface area contributed by atoms with E-state index < -0.39 is 0 Å². The Bertz CT molecular complexity index is 1720. The number of carbonyl (C=O) groups excluding carboxylic acids is 1. The Morgan fingerprint density at radius 3 is 2.58 bits per heavy atom. The number of anilines is 1. The van der Waals surface area contributed by atoms with Gasteiger partial charge in [-0.15, -0.1) is 5.10 Å². The molecule has 3 heterocycles. The van der Waals surface area contributed by atoms with Gasteiger partial charge in [0.15, 0.2) is 11.5 Å². The van der Waals surface area contributed by atoms with E-state index in [0.29, 0.717) is 29.2 Å². The van der Waals surface area contributed by atoms with Gasteiger partial charge in [0, 0.05) is 34.6 Å². The fourth-order valence-corrected chi connectivity index (χ4v) is 6.07. The molecule has 0 radical (unpaired) electrons. The van der Waals surface area contributed by atoms with Crippen molar-refractivity contribution >= 4 is 23.5 Å². The number of hydrogen-bond acceptors (Lipinski definition) is 7. The van der Waals surface area contributed by atoms with Gasteiger partial charge in [0.1, 0.15) is 6.04 Å². The summed E-state index contributed by atoms with van der Waals surface area (Å²) in [4.78, 5) is 22.3. The predicted octanol–water partition coefficient (Wildman–Crippen LogP) is 7.22. The highest BCUT2D eigenvalue weighted by atomic mass is 32.2. The minimum Gasteiger partial charge on any atom is -0.436 e. The number of rotatable bonds is 6. The first-order valence-corrected chi connectivity index (χ1v) is 14.4. The molecule has 0 spiro atoms. The van der Waals surface area contributed by atoms with E-state index in [0.717, 1.165) is 52.1 Å². The van der Waals surface area contributed by atoms with Crippen molar-refractivity contribution in [3.8, 4) is 22.8 Å². The van der Waals surface area contributed by atoms with Crippen LogP contribution in [-0.4, -0.2) is 25.5 Å². The summed E-state index contributed by atoms with van der Waals surface area (Å²) in [5.41, 5.74) is 7.11. The number of benzene rings is 3. The third-order valence-corrected chi connectivity index (χ3v) is 8.28. The summed E-state index contributed by atoms with van der Waals surface area (Å²) in [5.74, 6) is 2.94. The molecular formula is C32H27N5O2S. The number of carbonyl (C=O) groups is 1. The highest BCUT2D eigenvalue weighted by Crippen LogP contribution is 2.41. The van der Waals surface area contributed by atoms with Gasteiger partial charge in [-0.05, 0) is 43.0 Å². The number of nitrogens with zero attached hydrogens (tertiary/aromatic N) is 4. The van der Waals surface area contributed by atoms with Gasteiger partial charge in [-0.25, -0.2) is 9.67 Å². The fraction of sp³-hybridized carbons (Fsp3) is 0.188. The molecule has 7 nitrogen and oxygen atoms in total.